The van der Waals surface area contributed by atoms with E-state index >= 15 is 0 Å². The molecule has 0 aliphatic heterocycles. The fraction of sp³-hybridized carbons (Fsp3) is 0.250. The Morgan fingerprint density at radius 1 is 1.10 bits per heavy atom. The monoisotopic (exact) mass is 398 g/mol. The van der Waals surface area contributed by atoms with E-state index in [9.17, 15) is 0 Å². The normalized spacial score (nSPS) is 12.0. The smallest absolute Gasteiger partial charge is 0.123 e. The average molecular weight is 400 g/mol. The second-order valence-electron chi connectivity index (χ2n) is 4.22. The Morgan fingerprint density at radius 2 is 1.85 bits per heavy atom. The molecule has 0 aliphatic carbocycles. The molecule has 0 N–H and O–H groups in total. The van der Waals surface area contributed by atoms with Gasteiger partial charge in [-0.05, 0) is 30.7 Å². The summed E-state index contributed by atoms with van der Waals surface area (Å²) in [4.78, 5) is 0.0590. The fourth-order valence-corrected chi connectivity index (χ4v) is 3.68. The van der Waals surface area contributed by atoms with Crippen molar-refractivity contribution in [2.24, 2.45) is 0 Å². The van der Waals surface area contributed by atoms with Crippen LogP contribution in [0.4, 0.5) is 0 Å². The number of hydrogen-bond acceptors (Lipinski definition) is 2. The number of rotatable bonds is 5. The minimum absolute atomic E-state index is 0.0590. The molecule has 2 aromatic carbocycles. The molecule has 1 unspecified atom stereocenters. The van der Waals surface area contributed by atoms with E-state index in [2.05, 4.69) is 44.0 Å². The van der Waals surface area contributed by atoms with Crippen LogP contribution >= 0.6 is 31.9 Å². The number of ether oxygens (including phenoxy) is 2. The Bertz CT molecular complexity index is 584. The molecule has 0 bridgehead atoms. The van der Waals surface area contributed by atoms with E-state index in [1.807, 2.05) is 37.3 Å². The van der Waals surface area contributed by atoms with E-state index in [0.29, 0.717) is 6.61 Å². The third-order valence-electron chi connectivity index (χ3n) is 2.97. The van der Waals surface area contributed by atoms with E-state index in [1.165, 1.54) is 0 Å². The molecule has 0 radical (unpaired) electrons. The first-order chi connectivity index (χ1) is 9.67. The lowest BCUT2D eigenvalue weighted by molar-refractivity contribution is 0.340. The van der Waals surface area contributed by atoms with Crippen molar-refractivity contribution in [2.45, 2.75) is 11.8 Å². The van der Waals surface area contributed by atoms with E-state index in [4.69, 9.17) is 9.47 Å². The summed E-state index contributed by atoms with van der Waals surface area (Å²) in [6, 6.07) is 14.0. The van der Waals surface area contributed by atoms with Gasteiger partial charge in [-0.2, -0.15) is 0 Å². The van der Waals surface area contributed by atoms with Gasteiger partial charge in [-0.15, -0.1) is 0 Å². The summed E-state index contributed by atoms with van der Waals surface area (Å²) < 4.78 is 11.9. The molecule has 2 nitrogen and oxygen atoms in total. The zero-order valence-electron chi connectivity index (χ0n) is 11.4. The number of hydrogen-bond donors (Lipinski definition) is 0. The molecule has 2 rings (SSSR count). The zero-order valence-corrected chi connectivity index (χ0v) is 14.6. The summed E-state index contributed by atoms with van der Waals surface area (Å²) in [7, 11) is 1.69. The second-order valence-corrected chi connectivity index (χ2v) is 5.99. The molecule has 0 aliphatic rings. The third-order valence-corrected chi connectivity index (χ3v) is 4.64. The van der Waals surface area contributed by atoms with Crippen molar-refractivity contribution in [3.8, 4) is 11.5 Å². The van der Waals surface area contributed by atoms with Crippen LogP contribution < -0.4 is 9.47 Å². The van der Waals surface area contributed by atoms with Gasteiger partial charge in [0.1, 0.15) is 11.5 Å². The van der Waals surface area contributed by atoms with Crippen LogP contribution in [-0.4, -0.2) is 13.7 Å². The standard InChI is InChI=1S/C16H16Br2O2/c1-3-20-11-8-9-12(14(17)10-11)16(18)13-6-4-5-7-15(13)19-2/h4-10,16H,3H2,1-2H3. The summed E-state index contributed by atoms with van der Waals surface area (Å²) in [6.45, 7) is 2.64. The van der Waals surface area contributed by atoms with E-state index in [1.54, 1.807) is 7.11 Å². The van der Waals surface area contributed by atoms with Gasteiger partial charge in [0, 0.05) is 10.0 Å². The van der Waals surface area contributed by atoms with Crippen molar-refractivity contribution in [3.05, 3.63) is 58.1 Å². The lowest BCUT2D eigenvalue weighted by Gasteiger charge is -2.16. The average Bonchev–Trinajstić information content (AvgIpc) is 2.47. The minimum Gasteiger partial charge on any atom is -0.496 e. The lowest BCUT2D eigenvalue weighted by atomic mass is 10.0. The molecule has 2 aromatic rings. The molecular formula is C16H16Br2O2. The van der Waals surface area contributed by atoms with Gasteiger partial charge in [0.05, 0.1) is 18.5 Å². The molecule has 0 saturated carbocycles. The van der Waals surface area contributed by atoms with Crippen LogP contribution in [0.2, 0.25) is 0 Å². The largest absolute Gasteiger partial charge is 0.496 e. The Hall–Kier alpha value is -1.00. The van der Waals surface area contributed by atoms with Crippen LogP contribution in [0.3, 0.4) is 0 Å². The van der Waals surface area contributed by atoms with Crippen molar-refractivity contribution in [1.82, 2.24) is 0 Å². The van der Waals surface area contributed by atoms with Crippen LogP contribution in [0.25, 0.3) is 0 Å². The van der Waals surface area contributed by atoms with Crippen molar-refractivity contribution in [2.75, 3.05) is 13.7 Å². The molecule has 0 fully saturated rings. The lowest BCUT2D eigenvalue weighted by Crippen LogP contribution is -1.99. The third kappa shape index (κ3) is 3.36. The maximum atomic E-state index is 5.50. The highest BCUT2D eigenvalue weighted by Crippen LogP contribution is 2.40. The Labute approximate surface area is 136 Å². The number of methoxy groups -OCH3 is 1. The predicted octanol–water partition coefficient (Wildman–Crippen LogP) is 5.34. The molecular weight excluding hydrogens is 384 g/mol. The van der Waals surface area contributed by atoms with Crippen LogP contribution in [0.1, 0.15) is 22.9 Å². The van der Waals surface area contributed by atoms with Crippen molar-refractivity contribution >= 4 is 31.9 Å². The van der Waals surface area contributed by atoms with Gasteiger partial charge in [-0.3, -0.25) is 0 Å². The molecule has 0 heterocycles. The number of halogens is 2. The van der Waals surface area contributed by atoms with Gasteiger partial charge in [0.25, 0.3) is 0 Å². The van der Waals surface area contributed by atoms with Crippen molar-refractivity contribution in [1.29, 1.82) is 0 Å². The van der Waals surface area contributed by atoms with Gasteiger partial charge in [-0.25, -0.2) is 0 Å². The highest BCUT2D eigenvalue weighted by atomic mass is 79.9. The summed E-state index contributed by atoms with van der Waals surface area (Å²) >= 11 is 7.36. The van der Waals surface area contributed by atoms with Crippen LogP contribution in [-0.2, 0) is 0 Å². The Kier molecular flexibility index (Phi) is 5.49. The minimum atomic E-state index is 0.0590. The topological polar surface area (TPSA) is 18.5 Å². The number of alkyl halides is 1. The maximum absolute atomic E-state index is 5.50. The Morgan fingerprint density at radius 3 is 2.50 bits per heavy atom. The first kappa shape index (κ1) is 15.4. The summed E-state index contributed by atoms with van der Waals surface area (Å²) in [5.41, 5.74) is 2.23. The van der Waals surface area contributed by atoms with E-state index < -0.39 is 0 Å². The molecule has 0 aromatic heterocycles. The molecule has 4 heteroatoms. The molecule has 1 atom stereocenters. The van der Waals surface area contributed by atoms with Crippen LogP contribution in [0, 0.1) is 0 Å². The summed E-state index contributed by atoms with van der Waals surface area (Å²) in [6.07, 6.45) is 0. The SMILES string of the molecule is CCOc1ccc(C(Br)c2ccccc2OC)c(Br)c1. The fourth-order valence-electron chi connectivity index (χ4n) is 2.01. The van der Waals surface area contributed by atoms with Crippen molar-refractivity contribution < 1.29 is 9.47 Å². The highest BCUT2D eigenvalue weighted by Gasteiger charge is 2.17. The first-order valence-corrected chi connectivity index (χ1v) is 8.07. The van der Waals surface area contributed by atoms with Gasteiger partial charge < -0.3 is 9.47 Å². The van der Waals surface area contributed by atoms with Gasteiger partial charge >= 0.3 is 0 Å². The van der Waals surface area contributed by atoms with Gasteiger partial charge in [-0.1, -0.05) is 56.1 Å². The molecule has 20 heavy (non-hydrogen) atoms. The molecule has 0 amide bonds. The Balaban J connectivity index is 2.35. The summed E-state index contributed by atoms with van der Waals surface area (Å²) in [5.74, 6) is 1.73. The van der Waals surface area contributed by atoms with Gasteiger partial charge in [0.2, 0.25) is 0 Å². The maximum Gasteiger partial charge on any atom is 0.123 e. The zero-order chi connectivity index (χ0) is 14.5. The number of benzene rings is 2. The molecule has 106 valence electrons. The highest BCUT2D eigenvalue weighted by molar-refractivity contribution is 9.11. The second kappa shape index (κ2) is 7.14. The van der Waals surface area contributed by atoms with E-state index in [-0.39, 0.29) is 4.83 Å². The van der Waals surface area contributed by atoms with Gasteiger partial charge in [0.15, 0.2) is 0 Å². The van der Waals surface area contributed by atoms with E-state index in [0.717, 1.165) is 27.1 Å². The first-order valence-electron chi connectivity index (χ1n) is 6.36. The predicted molar refractivity (Wildman–Crippen MR) is 89.1 cm³/mol. The van der Waals surface area contributed by atoms with Crippen LogP contribution in [0.5, 0.6) is 11.5 Å². The molecule has 0 spiro atoms. The van der Waals surface area contributed by atoms with Crippen molar-refractivity contribution in [3.63, 3.8) is 0 Å². The molecule has 0 saturated heterocycles. The summed E-state index contributed by atoms with van der Waals surface area (Å²) in [5, 5.41) is 0. The quantitative estimate of drug-likeness (QED) is 0.631. The number of para-hydroxylation sites is 1. The van der Waals surface area contributed by atoms with Crippen LogP contribution in [0.15, 0.2) is 46.9 Å².